The van der Waals surface area contributed by atoms with Crippen molar-refractivity contribution in [3.05, 3.63) is 78.0 Å². The maximum absolute atomic E-state index is 13.4. The Morgan fingerprint density at radius 3 is 2.49 bits per heavy atom. The first kappa shape index (κ1) is 24.5. The van der Waals surface area contributed by atoms with E-state index in [2.05, 4.69) is 15.2 Å². The van der Waals surface area contributed by atoms with Gasteiger partial charge in [-0.1, -0.05) is 48.2 Å². The van der Waals surface area contributed by atoms with Crippen LogP contribution in [0.5, 0.6) is 0 Å². The molecule has 4 rings (SSSR count). The number of carbonyl (C=O) groups is 1. The molecule has 7 nitrogen and oxygen atoms in total. The lowest BCUT2D eigenvalue weighted by Crippen LogP contribution is -2.30. The smallest absolute Gasteiger partial charge is 0.416 e. The average Bonchev–Trinajstić information content (AvgIpc) is 3.51. The Labute approximate surface area is 204 Å². The number of alkyl halides is 3. The molecule has 0 radical (unpaired) electrons. The molecule has 0 aliphatic heterocycles. The molecule has 0 atom stereocenters. The Balaban J connectivity index is 1.66. The van der Waals surface area contributed by atoms with Crippen LogP contribution in [0.3, 0.4) is 0 Å². The first-order valence-electron chi connectivity index (χ1n) is 10.9. The van der Waals surface area contributed by atoms with Crippen LogP contribution in [0, 0.1) is 0 Å². The summed E-state index contributed by atoms with van der Waals surface area (Å²) in [5.74, 6) is 0.674. The predicted octanol–water partition coefficient (Wildman–Crippen LogP) is 5.72. The standard InChI is InChI=1S/C24H22F3N5O2S/c1-3-31(4-2)22(33)19-14-34-20(28-19)15-35-23-30-29-21(16-9-6-5-7-10-16)32(23)18-12-8-11-17(13-18)24(25,26)27/h5-14H,3-4,15H2,1-2H3. The topological polar surface area (TPSA) is 77.0 Å². The van der Waals surface area contributed by atoms with Gasteiger partial charge in [0.1, 0.15) is 6.26 Å². The van der Waals surface area contributed by atoms with Crippen LogP contribution in [0.25, 0.3) is 17.1 Å². The lowest BCUT2D eigenvalue weighted by atomic mass is 10.1. The highest BCUT2D eigenvalue weighted by molar-refractivity contribution is 7.98. The zero-order valence-corrected chi connectivity index (χ0v) is 19.8. The molecule has 35 heavy (non-hydrogen) atoms. The minimum absolute atomic E-state index is 0.202. The van der Waals surface area contributed by atoms with Crippen molar-refractivity contribution in [2.75, 3.05) is 13.1 Å². The van der Waals surface area contributed by atoms with E-state index in [0.717, 1.165) is 12.1 Å². The number of benzene rings is 2. The fourth-order valence-electron chi connectivity index (χ4n) is 3.47. The van der Waals surface area contributed by atoms with E-state index in [-0.39, 0.29) is 23.0 Å². The van der Waals surface area contributed by atoms with Gasteiger partial charge < -0.3 is 9.32 Å². The first-order chi connectivity index (χ1) is 16.8. The minimum atomic E-state index is -4.49. The van der Waals surface area contributed by atoms with E-state index in [9.17, 15) is 18.0 Å². The van der Waals surface area contributed by atoms with E-state index >= 15 is 0 Å². The van der Waals surface area contributed by atoms with Crippen LogP contribution in [0.15, 0.2) is 70.4 Å². The molecule has 0 N–H and O–H groups in total. The summed E-state index contributed by atoms with van der Waals surface area (Å²) in [6, 6.07) is 14.1. The summed E-state index contributed by atoms with van der Waals surface area (Å²) in [6.07, 6.45) is -3.18. The third-order valence-electron chi connectivity index (χ3n) is 5.24. The summed E-state index contributed by atoms with van der Waals surface area (Å²) < 4.78 is 47.2. The van der Waals surface area contributed by atoms with Gasteiger partial charge in [-0.05, 0) is 32.0 Å². The second-order valence-corrected chi connectivity index (χ2v) is 8.39. The lowest BCUT2D eigenvalue weighted by molar-refractivity contribution is -0.137. The average molecular weight is 502 g/mol. The summed E-state index contributed by atoms with van der Waals surface area (Å²) >= 11 is 1.20. The number of amides is 1. The van der Waals surface area contributed by atoms with E-state index in [1.165, 1.54) is 24.1 Å². The van der Waals surface area contributed by atoms with Crippen molar-refractivity contribution in [2.24, 2.45) is 0 Å². The maximum Gasteiger partial charge on any atom is 0.416 e. The number of nitrogens with zero attached hydrogens (tertiary/aromatic N) is 5. The monoisotopic (exact) mass is 501 g/mol. The molecule has 0 saturated carbocycles. The van der Waals surface area contributed by atoms with Gasteiger partial charge in [0, 0.05) is 18.7 Å². The summed E-state index contributed by atoms with van der Waals surface area (Å²) in [5.41, 5.74) is 0.406. The van der Waals surface area contributed by atoms with E-state index < -0.39 is 11.7 Å². The molecular formula is C24H22F3N5O2S. The number of oxazole rings is 1. The van der Waals surface area contributed by atoms with Crippen molar-refractivity contribution >= 4 is 17.7 Å². The molecule has 0 aliphatic rings. The van der Waals surface area contributed by atoms with E-state index in [0.29, 0.717) is 35.5 Å². The molecule has 2 aromatic heterocycles. The fourth-order valence-corrected chi connectivity index (χ4v) is 4.27. The SMILES string of the molecule is CCN(CC)C(=O)c1coc(CSc2nnc(-c3ccccc3)n2-c2cccc(C(F)(F)F)c2)n1. The highest BCUT2D eigenvalue weighted by atomic mass is 32.2. The van der Waals surface area contributed by atoms with Gasteiger partial charge in [0.05, 0.1) is 17.0 Å². The highest BCUT2D eigenvalue weighted by Gasteiger charge is 2.31. The molecule has 182 valence electrons. The quantitative estimate of drug-likeness (QED) is 0.288. The lowest BCUT2D eigenvalue weighted by Gasteiger charge is -2.16. The second-order valence-electron chi connectivity index (χ2n) is 7.45. The Morgan fingerprint density at radius 1 is 1.06 bits per heavy atom. The number of rotatable bonds is 8. The van der Waals surface area contributed by atoms with Gasteiger partial charge in [0.15, 0.2) is 16.7 Å². The zero-order chi connectivity index (χ0) is 25.0. The Bertz CT molecular complexity index is 1300. The van der Waals surface area contributed by atoms with Crippen LogP contribution < -0.4 is 0 Å². The molecule has 0 fully saturated rings. The van der Waals surface area contributed by atoms with Crippen molar-refractivity contribution in [1.29, 1.82) is 0 Å². The number of aromatic nitrogens is 4. The van der Waals surface area contributed by atoms with Crippen LogP contribution in [0.1, 0.15) is 35.8 Å². The van der Waals surface area contributed by atoms with Gasteiger partial charge in [-0.2, -0.15) is 13.2 Å². The molecule has 1 amide bonds. The van der Waals surface area contributed by atoms with Crippen LogP contribution in [-0.4, -0.2) is 43.6 Å². The van der Waals surface area contributed by atoms with Crippen LogP contribution in [-0.2, 0) is 11.9 Å². The van der Waals surface area contributed by atoms with Crippen molar-refractivity contribution in [2.45, 2.75) is 30.9 Å². The Morgan fingerprint density at radius 2 is 1.80 bits per heavy atom. The third-order valence-corrected chi connectivity index (χ3v) is 6.16. The number of carbonyl (C=O) groups excluding carboxylic acids is 1. The Hall–Kier alpha value is -3.60. The fraction of sp³-hybridized carbons (Fsp3) is 0.250. The van der Waals surface area contributed by atoms with E-state index in [1.54, 1.807) is 15.5 Å². The molecule has 4 aromatic rings. The van der Waals surface area contributed by atoms with Gasteiger partial charge in [-0.3, -0.25) is 9.36 Å². The zero-order valence-electron chi connectivity index (χ0n) is 19.0. The second kappa shape index (κ2) is 10.3. The first-order valence-corrected chi connectivity index (χ1v) is 11.8. The molecule has 0 aliphatic carbocycles. The van der Waals surface area contributed by atoms with Gasteiger partial charge in [-0.15, -0.1) is 10.2 Å². The highest BCUT2D eigenvalue weighted by Crippen LogP contribution is 2.34. The maximum atomic E-state index is 13.4. The number of halogens is 3. The minimum Gasteiger partial charge on any atom is -0.447 e. The Kier molecular flexibility index (Phi) is 7.25. The van der Waals surface area contributed by atoms with E-state index in [1.807, 2.05) is 44.2 Å². The summed E-state index contributed by atoms with van der Waals surface area (Å²) in [7, 11) is 0. The van der Waals surface area contributed by atoms with Crippen molar-refractivity contribution in [1.82, 2.24) is 24.6 Å². The molecule has 0 bridgehead atoms. The van der Waals surface area contributed by atoms with Gasteiger partial charge in [-0.25, -0.2) is 4.98 Å². The van der Waals surface area contributed by atoms with Gasteiger partial charge >= 0.3 is 6.18 Å². The van der Waals surface area contributed by atoms with Crippen molar-refractivity contribution < 1.29 is 22.4 Å². The number of thioether (sulfide) groups is 1. The number of hydrogen-bond acceptors (Lipinski definition) is 6. The van der Waals surface area contributed by atoms with Crippen LogP contribution in [0.2, 0.25) is 0 Å². The molecule has 2 heterocycles. The molecule has 0 unspecified atom stereocenters. The summed E-state index contributed by atoms with van der Waals surface area (Å²) in [4.78, 5) is 18.4. The third kappa shape index (κ3) is 5.40. The summed E-state index contributed by atoms with van der Waals surface area (Å²) in [6.45, 7) is 4.86. The predicted molar refractivity (Wildman–Crippen MR) is 125 cm³/mol. The van der Waals surface area contributed by atoms with Gasteiger partial charge in [0.25, 0.3) is 5.91 Å². The van der Waals surface area contributed by atoms with Crippen molar-refractivity contribution in [3.8, 4) is 17.1 Å². The molecule has 2 aromatic carbocycles. The summed E-state index contributed by atoms with van der Waals surface area (Å²) in [5, 5.41) is 8.83. The molecule has 11 heteroatoms. The van der Waals surface area contributed by atoms with Crippen LogP contribution >= 0.6 is 11.8 Å². The van der Waals surface area contributed by atoms with Gasteiger partial charge in [0.2, 0.25) is 5.89 Å². The number of hydrogen-bond donors (Lipinski definition) is 0. The normalized spacial score (nSPS) is 11.6. The molecular weight excluding hydrogens is 479 g/mol. The van der Waals surface area contributed by atoms with Crippen LogP contribution in [0.4, 0.5) is 13.2 Å². The largest absolute Gasteiger partial charge is 0.447 e. The molecule has 0 saturated heterocycles. The molecule has 0 spiro atoms. The van der Waals surface area contributed by atoms with Crippen molar-refractivity contribution in [3.63, 3.8) is 0 Å². The van der Waals surface area contributed by atoms with E-state index in [4.69, 9.17) is 4.42 Å².